The lowest BCUT2D eigenvalue weighted by Gasteiger charge is -2.27. The second-order valence-corrected chi connectivity index (χ2v) is 8.21. The van der Waals surface area contributed by atoms with Crippen molar-refractivity contribution < 1.29 is 22.6 Å². The number of rotatable bonds is 15. The predicted octanol–water partition coefficient (Wildman–Crippen LogP) is 8.74. The normalized spacial score (nSPS) is 14.8. The summed E-state index contributed by atoms with van der Waals surface area (Å²) < 4.78 is 54.2. The molecule has 1 aromatic rings. The Hall–Kier alpha value is -1.65. The van der Waals surface area contributed by atoms with Crippen LogP contribution in [0.1, 0.15) is 108 Å². The summed E-state index contributed by atoms with van der Waals surface area (Å²) >= 11 is 0. The SMILES string of the molecule is CCCCCCCCCC1=Cc2ccc(OCCCCCCC)c(F)c2C(F)(F)O1. The lowest BCUT2D eigenvalue weighted by atomic mass is 10.00. The quantitative estimate of drug-likeness (QED) is 0.261. The molecule has 0 unspecified atom stereocenters. The number of hydrogen-bond donors (Lipinski definition) is 0. The van der Waals surface area contributed by atoms with Crippen molar-refractivity contribution in [1.29, 1.82) is 0 Å². The van der Waals surface area contributed by atoms with E-state index >= 15 is 0 Å². The fourth-order valence-corrected chi connectivity index (χ4v) is 3.79. The van der Waals surface area contributed by atoms with E-state index in [2.05, 4.69) is 13.8 Å². The maximum Gasteiger partial charge on any atom is 0.430 e. The van der Waals surface area contributed by atoms with Gasteiger partial charge in [0, 0.05) is 6.42 Å². The van der Waals surface area contributed by atoms with E-state index in [-0.39, 0.29) is 17.1 Å². The number of alkyl halides is 2. The first-order valence-corrected chi connectivity index (χ1v) is 11.7. The molecule has 1 heterocycles. The predicted molar refractivity (Wildman–Crippen MR) is 116 cm³/mol. The summed E-state index contributed by atoms with van der Waals surface area (Å²) in [5.41, 5.74) is -0.536. The van der Waals surface area contributed by atoms with Crippen molar-refractivity contribution in [3.05, 3.63) is 34.8 Å². The van der Waals surface area contributed by atoms with E-state index in [0.717, 1.165) is 51.4 Å². The van der Waals surface area contributed by atoms with Crippen LogP contribution >= 0.6 is 0 Å². The van der Waals surface area contributed by atoms with Gasteiger partial charge >= 0.3 is 6.11 Å². The molecule has 1 aliphatic rings. The largest absolute Gasteiger partial charge is 0.491 e. The van der Waals surface area contributed by atoms with E-state index in [0.29, 0.717) is 13.0 Å². The molecule has 0 amide bonds. The van der Waals surface area contributed by atoms with Crippen molar-refractivity contribution in [2.45, 2.75) is 103 Å². The lowest BCUT2D eigenvalue weighted by Crippen LogP contribution is -2.24. The maximum atomic E-state index is 14.7. The van der Waals surface area contributed by atoms with Crippen LogP contribution in [0.3, 0.4) is 0 Å². The Morgan fingerprint density at radius 2 is 1.43 bits per heavy atom. The molecular formula is C25H37F3O2. The molecule has 0 bridgehead atoms. The van der Waals surface area contributed by atoms with E-state index in [1.54, 1.807) is 6.08 Å². The monoisotopic (exact) mass is 426 g/mol. The average molecular weight is 427 g/mol. The standard InChI is InChI=1S/C25H37F3O2/c1-3-5-7-9-10-11-13-15-21-19-20-16-17-22(29-18-14-12-8-6-4-2)24(26)23(20)25(27,28)30-21/h16-17,19H,3-15,18H2,1-2H3. The number of ether oxygens (including phenoxy) is 2. The highest BCUT2D eigenvalue weighted by molar-refractivity contribution is 5.60. The third-order valence-corrected chi connectivity index (χ3v) is 5.54. The number of allylic oxidation sites excluding steroid dienone is 1. The second-order valence-electron chi connectivity index (χ2n) is 8.21. The van der Waals surface area contributed by atoms with Gasteiger partial charge in [0.15, 0.2) is 11.6 Å². The molecule has 30 heavy (non-hydrogen) atoms. The van der Waals surface area contributed by atoms with Crippen LogP contribution in [-0.2, 0) is 10.8 Å². The van der Waals surface area contributed by atoms with Gasteiger partial charge in [-0.15, -0.1) is 0 Å². The molecule has 0 aromatic heterocycles. The Bertz CT molecular complexity index is 671. The van der Waals surface area contributed by atoms with Crippen LogP contribution in [0.5, 0.6) is 5.75 Å². The molecule has 0 atom stereocenters. The van der Waals surface area contributed by atoms with Gasteiger partial charge in [-0.2, -0.15) is 8.78 Å². The Morgan fingerprint density at radius 1 is 0.833 bits per heavy atom. The van der Waals surface area contributed by atoms with Gasteiger partial charge in [0.25, 0.3) is 0 Å². The number of hydrogen-bond acceptors (Lipinski definition) is 2. The van der Waals surface area contributed by atoms with Crippen LogP contribution in [0.25, 0.3) is 6.08 Å². The van der Waals surface area contributed by atoms with Crippen molar-refractivity contribution in [1.82, 2.24) is 0 Å². The van der Waals surface area contributed by atoms with Crippen LogP contribution in [0.15, 0.2) is 17.9 Å². The molecule has 0 fully saturated rings. The van der Waals surface area contributed by atoms with Crippen LogP contribution in [0, 0.1) is 5.82 Å². The third-order valence-electron chi connectivity index (χ3n) is 5.54. The molecule has 0 spiro atoms. The first-order chi connectivity index (χ1) is 14.5. The van der Waals surface area contributed by atoms with Gasteiger partial charge in [-0.3, -0.25) is 0 Å². The zero-order valence-electron chi connectivity index (χ0n) is 18.6. The number of halogens is 3. The second kappa shape index (κ2) is 12.9. The Labute approximate surface area is 179 Å². The summed E-state index contributed by atoms with van der Waals surface area (Å²) in [6, 6.07) is 2.95. The van der Waals surface area contributed by atoms with Crippen LogP contribution < -0.4 is 4.74 Å². The summed E-state index contributed by atoms with van der Waals surface area (Å²) in [6.45, 7) is 4.64. The third kappa shape index (κ3) is 7.55. The zero-order chi connectivity index (χ0) is 21.8. The number of benzene rings is 1. The zero-order valence-corrected chi connectivity index (χ0v) is 18.6. The summed E-state index contributed by atoms with van der Waals surface area (Å²) in [7, 11) is 0. The first kappa shape index (κ1) is 24.6. The van der Waals surface area contributed by atoms with Crippen molar-refractivity contribution in [3.8, 4) is 5.75 Å². The molecule has 2 nitrogen and oxygen atoms in total. The summed E-state index contributed by atoms with van der Waals surface area (Å²) in [4.78, 5) is 0. The number of unbranched alkanes of at least 4 members (excludes halogenated alkanes) is 10. The molecule has 0 radical (unpaired) electrons. The van der Waals surface area contributed by atoms with Crippen molar-refractivity contribution >= 4 is 6.08 Å². The van der Waals surface area contributed by atoms with Gasteiger partial charge < -0.3 is 9.47 Å². The smallest absolute Gasteiger partial charge is 0.430 e. The van der Waals surface area contributed by atoms with E-state index in [4.69, 9.17) is 9.47 Å². The maximum absolute atomic E-state index is 14.7. The minimum atomic E-state index is -3.68. The van der Waals surface area contributed by atoms with Crippen LogP contribution in [-0.4, -0.2) is 6.61 Å². The highest BCUT2D eigenvalue weighted by Gasteiger charge is 2.43. The minimum Gasteiger partial charge on any atom is -0.491 e. The van der Waals surface area contributed by atoms with E-state index < -0.39 is 17.5 Å². The van der Waals surface area contributed by atoms with Crippen LogP contribution in [0.4, 0.5) is 13.2 Å². The van der Waals surface area contributed by atoms with Gasteiger partial charge in [-0.05, 0) is 30.5 Å². The minimum absolute atomic E-state index is 0.128. The molecule has 0 saturated heterocycles. The molecule has 1 aliphatic heterocycles. The molecular weight excluding hydrogens is 389 g/mol. The first-order valence-electron chi connectivity index (χ1n) is 11.7. The average Bonchev–Trinajstić information content (AvgIpc) is 2.70. The topological polar surface area (TPSA) is 18.5 Å². The molecule has 0 aliphatic carbocycles. The Morgan fingerprint density at radius 3 is 2.10 bits per heavy atom. The summed E-state index contributed by atoms with van der Waals surface area (Å²) in [5, 5.41) is 0. The van der Waals surface area contributed by atoms with Gasteiger partial charge in [0.1, 0.15) is 11.3 Å². The molecule has 2 rings (SSSR count). The molecule has 0 N–H and O–H groups in total. The molecule has 0 saturated carbocycles. The lowest BCUT2D eigenvalue weighted by molar-refractivity contribution is -0.228. The molecule has 170 valence electrons. The molecule has 1 aromatic carbocycles. The van der Waals surface area contributed by atoms with Crippen molar-refractivity contribution in [2.24, 2.45) is 0 Å². The summed E-state index contributed by atoms with van der Waals surface area (Å²) in [5.74, 6) is -0.918. The fraction of sp³-hybridized carbons (Fsp3) is 0.680. The van der Waals surface area contributed by atoms with Gasteiger partial charge in [-0.25, -0.2) is 4.39 Å². The number of fused-ring (bicyclic) bond motifs is 1. The molecule has 5 heteroatoms. The van der Waals surface area contributed by atoms with Crippen molar-refractivity contribution in [2.75, 3.05) is 6.61 Å². The highest BCUT2D eigenvalue weighted by Crippen LogP contribution is 2.43. The van der Waals surface area contributed by atoms with Gasteiger partial charge in [0.05, 0.1) is 6.61 Å². The van der Waals surface area contributed by atoms with Gasteiger partial charge in [-0.1, -0.05) is 84.1 Å². The van der Waals surface area contributed by atoms with Crippen LogP contribution in [0.2, 0.25) is 0 Å². The van der Waals surface area contributed by atoms with E-state index in [9.17, 15) is 13.2 Å². The van der Waals surface area contributed by atoms with E-state index in [1.807, 2.05) is 0 Å². The van der Waals surface area contributed by atoms with Gasteiger partial charge in [0.2, 0.25) is 0 Å². The van der Waals surface area contributed by atoms with E-state index in [1.165, 1.54) is 37.8 Å². The Balaban J connectivity index is 1.91. The summed E-state index contributed by atoms with van der Waals surface area (Å²) in [6.07, 6.45) is 11.2. The Kier molecular flexibility index (Phi) is 10.6. The highest BCUT2D eigenvalue weighted by atomic mass is 19.3. The fourth-order valence-electron chi connectivity index (χ4n) is 3.79. The van der Waals surface area contributed by atoms with Crippen molar-refractivity contribution in [3.63, 3.8) is 0 Å².